The van der Waals surface area contributed by atoms with Gasteiger partial charge in [-0.05, 0) is 73.9 Å². The number of nitrogens with zero attached hydrogens (tertiary/aromatic N) is 2. The summed E-state index contributed by atoms with van der Waals surface area (Å²) in [5.41, 5.74) is 5.53. The Morgan fingerprint density at radius 3 is 2.25 bits per heavy atom. The first kappa shape index (κ1) is 21.4. The molecule has 0 unspecified atom stereocenters. The van der Waals surface area contributed by atoms with Crippen LogP contribution in [-0.2, 0) is 9.59 Å². The monoisotopic (exact) mass is 441 g/mol. The summed E-state index contributed by atoms with van der Waals surface area (Å²) in [6.45, 7) is 5.79. The van der Waals surface area contributed by atoms with Crippen molar-refractivity contribution in [1.29, 1.82) is 5.26 Å². The number of anilines is 2. The Morgan fingerprint density at radius 1 is 0.875 bits per heavy atom. The van der Waals surface area contributed by atoms with Crippen LogP contribution >= 0.6 is 11.6 Å². The third kappa shape index (κ3) is 3.77. The van der Waals surface area contributed by atoms with Gasteiger partial charge in [0.25, 0.3) is 11.8 Å². The number of nitrogens with one attached hydrogen (secondary N) is 1. The molecule has 1 aliphatic heterocycles. The van der Waals surface area contributed by atoms with E-state index in [1.54, 1.807) is 36.4 Å². The smallest absolute Gasteiger partial charge is 0.282 e. The van der Waals surface area contributed by atoms with Crippen molar-refractivity contribution in [2.24, 2.45) is 0 Å². The zero-order valence-corrected chi connectivity index (χ0v) is 18.6. The summed E-state index contributed by atoms with van der Waals surface area (Å²) in [5, 5.41) is 12.8. The van der Waals surface area contributed by atoms with E-state index in [1.807, 2.05) is 51.1 Å². The molecule has 1 aliphatic rings. The molecule has 1 heterocycles. The molecule has 2 amide bonds. The molecule has 158 valence electrons. The van der Waals surface area contributed by atoms with Crippen LogP contribution in [0.5, 0.6) is 0 Å². The Hall–Kier alpha value is -3.88. The molecule has 0 radical (unpaired) electrons. The molecule has 6 heteroatoms. The quantitative estimate of drug-likeness (QED) is 0.540. The fourth-order valence-corrected chi connectivity index (χ4v) is 3.94. The van der Waals surface area contributed by atoms with Gasteiger partial charge in [-0.15, -0.1) is 0 Å². The van der Waals surface area contributed by atoms with Crippen LogP contribution in [0.2, 0.25) is 5.02 Å². The van der Waals surface area contributed by atoms with Gasteiger partial charge in [0.1, 0.15) is 5.70 Å². The molecule has 0 aliphatic carbocycles. The highest BCUT2D eigenvalue weighted by atomic mass is 35.5. The molecule has 0 spiro atoms. The van der Waals surface area contributed by atoms with Gasteiger partial charge < -0.3 is 5.32 Å². The molecular formula is C26H20ClN3O2. The van der Waals surface area contributed by atoms with Crippen LogP contribution < -0.4 is 10.2 Å². The normalized spacial score (nSPS) is 13.5. The van der Waals surface area contributed by atoms with Gasteiger partial charge in [0.2, 0.25) is 0 Å². The summed E-state index contributed by atoms with van der Waals surface area (Å²) in [5.74, 6) is -0.886. The highest BCUT2D eigenvalue weighted by Crippen LogP contribution is 2.36. The van der Waals surface area contributed by atoms with Crippen molar-refractivity contribution in [2.75, 3.05) is 10.2 Å². The third-order valence-electron chi connectivity index (χ3n) is 5.45. The van der Waals surface area contributed by atoms with E-state index in [0.717, 1.165) is 21.6 Å². The number of hydrogen-bond donors (Lipinski definition) is 1. The maximum absolute atomic E-state index is 13.6. The number of halogens is 1. The number of hydrogen-bond acceptors (Lipinski definition) is 4. The summed E-state index contributed by atoms with van der Waals surface area (Å²) < 4.78 is 0. The number of amides is 2. The lowest BCUT2D eigenvalue weighted by Crippen LogP contribution is -2.32. The van der Waals surface area contributed by atoms with E-state index in [1.165, 1.54) is 0 Å². The lowest BCUT2D eigenvalue weighted by Gasteiger charge is -2.16. The van der Waals surface area contributed by atoms with Gasteiger partial charge in [0.15, 0.2) is 0 Å². The maximum atomic E-state index is 13.6. The molecule has 0 aromatic heterocycles. The average Bonchev–Trinajstić information content (AvgIpc) is 3.00. The van der Waals surface area contributed by atoms with Crippen LogP contribution in [0.3, 0.4) is 0 Å². The fourth-order valence-electron chi connectivity index (χ4n) is 3.77. The molecule has 0 fully saturated rings. The van der Waals surface area contributed by atoms with E-state index in [9.17, 15) is 9.59 Å². The first-order chi connectivity index (χ1) is 15.3. The van der Waals surface area contributed by atoms with Crippen molar-refractivity contribution in [2.45, 2.75) is 20.8 Å². The zero-order chi connectivity index (χ0) is 23.0. The molecule has 0 bridgehead atoms. The molecular weight excluding hydrogens is 422 g/mol. The van der Waals surface area contributed by atoms with E-state index < -0.39 is 11.8 Å². The topological polar surface area (TPSA) is 73.2 Å². The largest absolute Gasteiger partial charge is 0.350 e. The first-order valence-electron chi connectivity index (χ1n) is 10.0. The number of imide groups is 1. The second kappa shape index (κ2) is 8.33. The van der Waals surface area contributed by atoms with E-state index >= 15 is 0 Å². The fraction of sp³-hybridized carbons (Fsp3) is 0.115. The molecule has 0 atom stereocenters. The van der Waals surface area contributed by atoms with Gasteiger partial charge in [-0.3, -0.25) is 9.59 Å². The molecule has 4 rings (SSSR count). The minimum absolute atomic E-state index is 0.191. The van der Waals surface area contributed by atoms with Crippen LogP contribution in [-0.4, -0.2) is 11.8 Å². The standard InChI is InChI=1S/C26H20ClN3O2/c1-15-4-11-21(17(3)12-15)23-24(29-22-13-19(27)8-5-16(22)2)26(32)30(25(23)31)20-9-6-18(14-28)7-10-20/h4-13,29H,1-3H3. The van der Waals surface area contributed by atoms with Crippen LogP contribution in [0, 0.1) is 32.1 Å². The number of carbonyl (C=O) groups excluding carboxylic acids is 2. The lowest BCUT2D eigenvalue weighted by molar-refractivity contribution is -0.120. The Bertz CT molecular complexity index is 1330. The number of benzene rings is 3. The van der Waals surface area contributed by atoms with E-state index in [2.05, 4.69) is 5.32 Å². The van der Waals surface area contributed by atoms with Crippen molar-refractivity contribution in [3.8, 4) is 6.07 Å². The number of aryl methyl sites for hydroxylation is 3. The van der Waals surface area contributed by atoms with Gasteiger partial charge >= 0.3 is 0 Å². The van der Waals surface area contributed by atoms with Crippen molar-refractivity contribution in [1.82, 2.24) is 0 Å². The summed E-state index contributed by atoms with van der Waals surface area (Å²) in [6, 6.07) is 19.5. The van der Waals surface area contributed by atoms with Crippen LogP contribution in [0.1, 0.15) is 27.8 Å². The molecule has 1 N–H and O–H groups in total. The minimum Gasteiger partial charge on any atom is -0.350 e. The Balaban J connectivity index is 1.87. The second-order valence-corrected chi connectivity index (χ2v) is 8.19. The predicted molar refractivity (Wildman–Crippen MR) is 126 cm³/mol. The first-order valence-corrected chi connectivity index (χ1v) is 10.4. The SMILES string of the molecule is Cc1ccc(C2=C(Nc3cc(Cl)ccc3C)C(=O)N(c3ccc(C#N)cc3)C2=O)c(C)c1. The van der Waals surface area contributed by atoms with Crippen LogP contribution in [0.15, 0.2) is 66.4 Å². The van der Waals surface area contributed by atoms with Crippen LogP contribution in [0.4, 0.5) is 11.4 Å². The predicted octanol–water partition coefficient (Wildman–Crippen LogP) is 5.53. The van der Waals surface area contributed by atoms with Crippen LogP contribution in [0.25, 0.3) is 5.57 Å². The average molecular weight is 442 g/mol. The zero-order valence-electron chi connectivity index (χ0n) is 17.9. The van der Waals surface area contributed by atoms with Crippen molar-refractivity contribution < 1.29 is 9.59 Å². The summed E-state index contributed by atoms with van der Waals surface area (Å²) in [6.07, 6.45) is 0. The van der Waals surface area contributed by atoms with E-state index in [4.69, 9.17) is 16.9 Å². The van der Waals surface area contributed by atoms with Gasteiger partial charge in [0, 0.05) is 10.7 Å². The van der Waals surface area contributed by atoms with Gasteiger partial charge in [0.05, 0.1) is 22.9 Å². The molecule has 32 heavy (non-hydrogen) atoms. The molecule has 3 aromatic rings. The Labute approximate surface area is 191 Å². The number of nitriles is 1. The molecule has 5 nitrogen and oxygen atoms in total. The van der Waals surface area contributed by atoms with Crippen molar-refractivity contribution >= 4 is 40.4 Å². The molecule has 0 saturated heterocycles. The van der Waals surface area contributed by atoms with Gasteiger partial charge in [-0.25, -0.2) is 4.90 Å². The molecule has 0 saturated carbocycles. The number of rotatable bonds is 4. The summed E-state index contributed by atoms with van der Waals surface area (Å²) >= 11 is 6.17. The highest BCUT2D eigenvalue weighted by molar-refractivity contribution is 6.46. The van der Waals surface area contributed by atoms with E-state index in [0.29, 0.717) is 33.1 Å². The molecule has 3 aromatic carbocycles. The van der Waals surface area contributed by atoms with Gasteiger partial charge in [-0.1, -0.05) is 41.4 Å². The summed E-state index contributed by atoms with van der Waals surface area (Å²) in [7, 11) is 0. The number of carbonyl (C=O) groups is 2. The highest BCUT2D eigenvalue weighted by Gasteiger charge is 2.40. The van der Waals surface area contributed by atoms with Crippen molar-refractivity contribution in [3.63, 3.8) is 0 Å². The maximum Gasteiger partial charge on any atom is 0.282 e. The van der Waals surface area contributed by atoms with E-state index in [-0.39, 0.29) is 5.70 Å². The Kier molecular flexibility index (Phi) is 5.56. The minimum atomic E-state index is -0.464. The third-order valence-corrected chi connectivity index (χ3v) is 5.68. The lowest BCUT2D eigenvalue weighted by atomic mass is 9.97. The van der Waals surface area contributed by atoms with Crippen molar-refractivity contribution in [3.05, 3.63) is 99.2 Å². The van der Waals surface area contributed by atoms with Gasteiger partial charge in [-0.2, -0.15) is 5.26 Å². The second-order valence-electron chi connectivity index (χ2n) is 7.76. The Morgan fingerprint density at radius 2 is 1.59 bits per heavy atom. The summed E-state index contributed by atoms with van der Waals surface area (Å²) in [4.78, 5) is 28.2.